The number of amides is 1. The van der Waals surface area contributed by atoms with Crippen molar-refractivity contribution < 1.29 is 15.0 Å². The van der Waals surface area contributed by atoms with E-state index in [1.54, 1.807) is 23.1 Å². The van der Waals surface area contributed by atoms with Crippen LogP contribution in [-0.2, 0) is 18.0 Å². The van der Waals surface area contributed by atoms with Gasteiger partial charge in [0.25, 0.3) is 0 Å². The molecule has 1 atom stereocenters. The summed E-state index contributed by atoms with van der Waals surface area (Å²) in [5, 5.41) is 18.3. The number of carbonyl (C=O) groups excluding carboxylic acids is 1. The Morgan fingerprint density at radius 1 is 1.24 bits per heavy atom. The van der Waals surface area contributed by atoms with Crippen LogP contribution >= 0.6 is 0 Å². The Morgan fingerprint density at radius 2 is 1.82 bits per heavy atom. The van der Waals surface area contributed by atoms with E-state index in [9.17, 15) is 4.79 Å². The van der Waals surface area contributed by atoms with E-state index < -0.39 is 0 Å². The molecule has 5 nitrogen and oxygen atoms in total. The molecular formula is C12H16N2O3. The number of nitrogens with zero attached hydrogens (tertiary/aromatic N) is 1. The fraction of sp³-hybridized carbons (Fsp3) is 0.417. The Morgan fingerprint density at radius 3 is 2.24 bits per heavy atom. The number of hydrogen-bond donors (Lipinski definition) is 3. The normalized spacial score (nSPS) is 20.1. The van der Waals surface area contributed by atoms with E-state index in [-0.39, 0.29) is 25.2 Å². The van der Waals surface area contributed by atoms with Crippen LogP contribution < -0.4 is 10.6 Å². The van der Waals surface area contributed by atoms with Gasteiger partial charge in [0.05, 0.1) is 13.2 Å². The minimum absolute atomic E-state index is 0.0171. The van der Waals surface area contributed by atoms with E-state index in [1.807, 2.05) is 0 Å². The predicted molar refractivity (Wildman–Crippen MR) is 63.2 cm³/mol. The van der Waals surface area contributed by atoms with Crippen LogP contribution in [0, 0.1) is 0 Å². The average molecular weight is 236 g/mol. The van der Waals surface area contributed by atoms with Gasteiger partial charge in [-0.1, -0.05) is 6.07 Å². The van der Waals surface area contributed by atoms with Crippen molar-refractivity contribution in [2.24, 2.45) is 5.73 Å². The van der Waals surface area contributed by atoms with E-state index in [4.69, 9.17) is 15.9 Å². The van der Waals surface area contributed by atoms with Crippen molar-refractivity contribution in [2.75, 3.05) is 11.4 Å². The molecule has 1 aliphatic heterocycles. The molecule has 5 heteroatoms. The number of aliphatic hydroxyl groups is 2. The molecule has 1 aromatic rings. The molecule has 0 bridgehead atoms. The fourth-order valence-electron chi connectivity index (χ4n) is 2.07. The number of hydrogen-bond acceptors (Lipinski definition) is 4. The number of aliphatic hydroxyl groups excluding tert-OH is 2. The Hall–Kier alpha value is -1.43. The molecular weight excluding hydrogens is 220 g/mol. The Bertz CT molecular complexity index is 412. The second-order valence-electron chi connectivity index (χ2n) is 4.29. The maximum absolute atomic E-state index is 11.7. The van der Waals surface area contributed by atoms with Gasteiger partial charge in [-0.05, 0) is 23.3 Å². The van der Waals surface area contributed by atoms with Crippen molar-refractivity contribution in [1.82, 2.24) is 0 Å². The third-order valence-electron chi connectivity index (χ3n) is 2.87. The third-order valence-corrected chi connectivity index (χ3v) is 2.87. The van der Waals surface area contributed by atoms with Crippen LogP contribution in [0.2, 0.25) is 0 Å². The largest absolute Gasteiger partial charge is 0.392 e. The van der Waals surface area contributed by atoms with Crippen molar-refractivity contribution in [1.29, 1.82) is 0 Å². The lowest BCUT2D eigenvalue weighted by Crippen LogP contribution is -2.28. The first-order chi connectivity index (χ1) is 8.13. The zero-order chi connectivity index (χ0) is 12.4. The Kier molecular flexibility index (Phi) is 3.42. The minimum atomic E-state index is -0.141. The van der Waals surface area contributed by atoms with E-state index >= 15 is 0 Å². The van der Waals surface area contributed by atoms with Crippen molar-refractivity contribution in [3.63, 3.8) is 0 Å². The van der Waals surface area contributed by atoms with E-state index in [2.05, 4.69) is 0 Å². The molecule has 1 saturated heterocycles. The first kappa shape index (κ1) is 12.0. The first-order valence-corrected chi connectivity index (χ1v) is 5.54. The molecule has 4 N–H and O–H groups in total. The molecule has 1 fully saturated rings. The van der Waals surface area contributed by atoms with Gasteiger partial charge in [0.15, 0.2) is 0 Å². The highest BCUT2D eigenvalue weighted by molar-refractivity contribution is 5.96. The zero-order valence-corrected chi connectivity index (χ0v) is 9.47. The highest BCUT2D eigenvalue weighted by Gasteiger charge is 2.28. The first-order valence-electron chi connectivity index (χ1n) is 5.54. The summed E-state index contributed by atoms with van der Waals surface area (Å²) < 4.78 is 0. The monoisotopic (exact) mass is 236 g/mol. The third kappa shape index (κ3) is 2.46. The zero-order valence-electron chi connectivity index (χ0n) is 9.47. The van der Waals surface area contributed by atoms with Crippen molar-refractivity contribution in [3.05, 3.63) is 29.3 Å². The SMILES string of the molecule is NC1CC(=O)N(c2cc(CO)cc(CO)c2)C1. The quantitative estimate of drug-likeness (QED) is 0.674. The molecule has 1 unspecified atom stereocenters. The highest BCUT2D eigenvalue weighted by atomic mass is 16.3. The van der Waals surface area contributed by atoms with Crippen LogP contribution in [0.5, 0.6) is 0 Å². The molecule has 0 radical (unpaired) electrons. The molecule has 0 spiro atoms. The van der Waals surface area contributed by atoms with Gasteiger partial charge in [0.1, 0.15) is 0 Å². The van der Waals surface area contributed by atoms with Gasteiger partial charge in [-0.25, -0.2) is 0 Å². The van der Waals surface area contributed by atoms with Gasteiger partial charge in [-0.3, -0.25) is 4.79 Å². The standard InChI is InChI=1S/C12H16N2O3/c13-10-4-12(17)14(5-10)11-2-8(6-15)1-9(3-11)7-16/h1-3,10,15-16H,4-7,13H2. The molecule has 92 valence electrons. The van der Waals surface area contributed by atoms with Crippen LogP contribution in [0.4, 0.5) is 5.69 Å². The summed E-state index contributed by atoms with van der Waals surface area (Å²) >= 11 is 0. The molecule has 1 aliphatic rings. The summed E-state index contributed by atoms with van der Waals surface area (Å²) in [6.45, 7) is 0.252. The summed E-state index contributed by atoms with van der Waals surface area (Å²) in [5.74, 6) is -0.0171. The highest BCUT2D eigenvalue weighted by Crippen LogP contribution is 2.24. The van der Waals surface area contributed by atoms with E-state index in [0.717, 1.165) is 0 Å². The number of carbonyl (C=O) groups is 1. The van der Waals surface area contributed by atoms with Crippen LogP contribution in [0.15, 0.2) is 18.2 Å². The van der Waals surface area contributed by atoms with Gasteiger partial charge in [0.2, 0.25) is 5.91 Å². The summed E-state index contributed by atoms with van der Waals surface area (Å²) in [5.41, 5.74) is 7.79. The van der Waals surface area contributed by atoms with Crippen molar-refractivity contribution >= 4 is 11.6 Å². The lowest BCUT2D eigenvalue weighted by Gasteiger charge is -2.18. The molecule has 0 aliphatic carbocycles. The van der Waals surface area contributed by atoms with Gasteiger partial charge in [-0.2, -0.15) is 0 Å². The minimum Gasteiger partial charge on any atom is -0.392 e. The lowest BCUT2D eigenvalue weighted by atomic mass is 10.1. The molecule has 1 aromatic carbocycles. The van der Waals surface area contributed by atoms with Gasteiger partial charge in [0, 0.05) is 24.7 Å². The maximum Gasteiger partial charge on any atom is 0.228 e. The van der Waals surface area contributed by atoms with Gasteiger partial charge in [-0.15, -0.1) is 0 Å². The van der Waals surface area contributed by atoms with Crippen LogP contribution in [-0.4, -0.2) is 28.7 Å². The number of rotatable bonds is 3. The summed E-state index contributed by atoms with van der Waals surface area (Å²) in [6.07, 6.45) is 0.345. The van der Waals surface area contributed by atoms with Crippen LogP contribution in [0.1, 0.15) is 17.5 Å². The smallest absolute Gasteiger partial charge is 0.228 e. The molecule has 0 saturated carbocycles. The fourth-order valence-corrected chi connectivity index (χ4v) is 2.07. The van der Waals surface area contributed by atoms with E-state index in [1.165, 1.54) is 0 Å². The Labute approximate surface area is 99.5 Å². The lowest BCUT2D eigenvalue weighted by molar-refractivity contribution is -0.117. The number of benzene rings is 1. The van der Waals surface area contributed by atoms with E-state index in [0.29, 0.717) is 29.8 Å². The predicted octanol–water partition coefficient (Wildman–Crippen LogP) is -0.265. The van der Waals surface area contributed by atoms with Gasteiger partial charge >= 0.3 is 0 Å². The summed E-state index contributed by atoms with van der Waals surface area (Å²) in [7, 11) is 0. The van der Waals surface area contributed by atoms with Crippen LogP contribution in [0.25, 0.3) is 0 Å². The molecule has 0 aromatic heterocycles. The molecule has 2 rings (SSSR count). The number of nitrogens with two attached hydrogens (primary N) is 1. The molecule has 1 heterocycles. The number of anilines is 1. The van der Waals surface area contributed by atoms with Crippen molar-refractivity contribution in [2.45, 2.75) is 25.7 Å². The molecule has 1 amide bonds. The Balaban J connectivity index is 2.34. The topological polar surface area (TPSA) is 86.8 Å². The average Bonchev–Trinajstić information content (AvgIpc) is 2.67. The second kappa shape index (κ2) is 4.83. The summed E-state index contributed by atoms with van der Waals surface area (Å²) in [6, 6.07) is 5.06. The van der Waals surface area contributed by atoms with Gasteiger partial charge < -0.3 is 20.8 Å². The maximum atomic E-state index is 11.7. The molecule has 17 heavy (non-hydrogen) atoms. The summed E-state index contributed by atoms with van der Waals surface area (Å²) in [4.78, 5) is 13.3. The van der Waals surface area contributed by atoms with Crippen molar-refractivity contribution in [3.8, 4) is 0 Å². The second-order valence-corrected chi connectivity index (χ2v) is 4.29. The van der Waals surface area contributed by atoms with Crippen LogP contribution in [0.3, 0.4) is 0 Å².